The number of fused-ring (bicyclic) bond motifs is 1. The van der Waals surface area contributed by atoms with E-state index in [1.54, 1.807) is 31.2 Å². The molecule has 0 radical (unpaired) electrons. The van der Waals surface area contributed by atoms with Crippen LogP contribution < -0.4 is 15.4 Å². The van der Waals surface area contributed by atoms with Gasteiger partial charge in [-0.15, -0.1) is 0 Å². The second-order valence-electron chi connectivity index (χ2n) is 10.0. The van der Waals surface area contributed by atoms with Crippen molar-refractivity contribution in [3.8, 4) is 5.75 Å². The topological polar surface area (TPSA) is 167 Å². The molecule has 1 atom stereocenters. The SMILES string of the molecule is CCOC(=O)N1CCN(C(=O)C(CCC(=O)O)NC(=O)c2cc(OCC(=O)NCc3ccccc3)c3ccccc3n2)CC1. The number of pyridine rings is 1. The number of carboxylic acid groups (broad SMARTS) is 1. The van der Waals surface area contributed by atoms with Gasteiger partial charge in [-0.25, -0.2) is 9.78 Å². The maximum atomic E-state index is 13.4. The van der Waals surface area contributed by atoms with Crippen LogP contribution in [-0.2, 0) is 25.7 Å². The highest BCUT2D eigenvalue weighted by molar-refractivity contribution is 5.99. The van der Waals surface area contributed by atoms with Crippen LogP contribution in [0.4, 0.5) is 4.79 Å². The lowest BCUT2D eigenvalue weighted by Gasteiger charge is -2.35. The summed E-state index contributed by atoms with van der Waals surface area (Å²) in [6.07, 6.45) is -0.961. The Morgan fingerprint density at radius 2 is 1.64 bits per heavy atom. The molecule has 4 rings (SSSR count). The maximum absolute atomic E-state index is 13.4. The van der Waals surface area contributed by atoms with Crippen LogP contribution in [0.15, 0.2) is 60.7 Å². The molecule has 232 valence electrons. The molecule has 2 heterocycles. The molecule has 1 aromatic heterocycles. The number of carboxylic acids is 1. The molecule has 0 aliphatic carbocycles. The summed E-state index contributed by atoms with van der Waals surface area (Å²) in [5, 5.41) is 15.3. The third-order valence-electron chi connectivity index (χ3n) is 6.97. The van der Waals surface area contributed by atoms with Crippen LogP contribution in [0.25, 0.3) is 10.9 Å². The van der Waals surface area contributed by atoms with Crippen LogP contribution in [0.3, 0.4) is 0 Å². The maximum Gasteiger partial charge on any atom is 0.409 e. The van der Waals surface area contributed by atoms with Crippen LogP contribution in [0.5, 0.6) is 5.75 Å². The van der Waals surface area contributed by atoms with E-state index < -0.39 is 29.9 Å². The first-order valence-corrected chi connectivity index (χ1v) is 14.3. The number of nitrogens with one attached hydrogen (secondary N) is 2. The van der Waals surface area contributed by atoms with E-state index in [0.717, 1.165) is 5.56 Å². The molecule has 1 saturated heterocycles. The number of nitrogens with zero attached hydrogens (tertiary/aromatic N) is 3. The molecule has 0 saturated carbocycles. The van der Waals surface area contributed by atoms with Gasteiger partial charge in [-0.05, 0) is 31.0 Å². The average Bonchev–Trinajstić information content (AvgIpc) is 3.04. The molecule has 0 spiro atoms. The van der Waals surface area contributed by atoms with Crippen LogP contribution in [0, 0.1) is 0 Å². The van der Waals surface area contributed by atoms with Gasteiger partial charge >= 0.3 is 12.1 Å². The minimum absolute atomic E-state index is 0.0661. The molecule has 44 heavy (non-hydrogen) atoms. The number of amides is 4. The van der Waals surface area contributed by atoms with E-state index in [9.17, 15) is 29.1 Å². The summed E-state index contributed by atoms with van der Waals surface area (Å²) >= 11 is 0. The number of rotatable bonds is 12. The predicted octanol–water partition coefficient (Wildman–Crippen LogP) is 2.19. The summed E-state index contributed by atoms with van der Waals surface area (Å²) in [5.41, 5.74) is 1.30. The second-order valence-corrected chi connectivity index (χ2v) is 10.0. The summed E-state index contributed by atoms with van der Waals surface area (Å²) in [6.45, 7) is 2.86. The molecule has 1 unspecified atom stereocenters. The summed E-state index contributed by atoms with van der Waals surface area (Å²) in [6, 6.07) is 16.6. The Kier molecular flexibility index (Phi) is 11.0. The highest BCUT2D eigenvalue weighted by atomic mass is 16.6. The molecule has 4 amide bonds. The molecule has 2 aromatic carbocycles. The fourth-order valence-electron chi connectivity index (χ4n) is 4.67. The van der Waals surface area contributed by atoms with E-state index in [1.165, 1.54) is 15.9 Å². The van der Waals surface area contributed by atoms with Crippen molar-refractivity contribution in [2.75, 3.05) is 39.4 Å². The van der Waals surface area contributed by atoms with Crippen LogP contribution in [0.1, 0.15) is 35.8 Å². The Bertz CT molecular complexity index is 1490. The van der Waals surface area contributed by atoms with E-state index >= 15 is 0 Å². The van der Waals surface area contributed by atoms with Gasteiger partial charge in [-0.3, -0.25) is 19.2 Å². The standard InChI is InChI=1S/C31H35N5O8/c1-2-43-31(42)36-16-14-35(15-17-36)30(41)24(12-13-28(38)39)34-29(40)25-18-26(22-10-6-7-11-23(22)33-25)44-20-27(37)32-19-21-8-4-3-5-9-21/h3-11,18,24H,2,12-17,19-20H2,1H3,(H,32,37)(H,34,40)(H,38,39). The minimum atomic E-state index is -1.14. The summed E-state index contributed by atoms with van der Waals surface area (Å²) < 4.78 is 10.8. The van der Waals surface area contributed by atoms with E-state index in [-0.39, 0.29) is 69.6 Å². The van der Waals surface area contributed by atoms with Crippen molar-refractivity contribution in [3.63, 3.8) is 0 Å². The molecule has 1 fully saturated rings. The molecular formula is C31H35N5O8. The van der Waals surface area contributed by atoms with Gasteiger partial charge in [0, 0.05) is 50.6 Å². The Hall–Kier alpha value is -5.20. The lowest BCUT2D eigenvalue weighted by atomic mass is 10.1. The third kappa shape index (κ3) is 8.66. The number of hydrogen-bond donors (Lipinski definition) is 3. The number of carbonyl (C=O) groups is 5. The molecule has 13 heteroatoms. The van der Waals surface area contributed by atoms with Crippen molar-refractivity contribution in [1.29, 1.82) is 0 Å². The van der Waals surface area contributed by atoms with E-state index in [4.69, 9.17) is 9.47 Å². The zero-order valence-corrected chi connectivity index (χ0v) is 24.4. The first kappa shape index (κ1) is 31.7. The van der Waals surface area contributed by atoms with Crippen LogP contribution in [0.2, 0.25) is 0 Å². The lowest BCUT2D eigenvalue weighted by molar-refractivity contribution is -0.138. The number of benzene rings is 2. The van der Waals surface area contributed by atoms with Gasteiger partial charge in [0.15, 0.2) is 6.61 Å². The summed E-state index contributed by atoms with van der Waals surface area (Å²) in [4.78, 5) is 70.0. The number of aromatic nitrogens is 1. The Morgan fingerprint density at radius 3 is 2.34 bits per heavy atom. The molecule has 0 bridgehead atoms. The minimum Gasteiger partial charge on any atom is -0.483 e. The number of aliphatic carboxylic acids is 1. The highest BCUT2D eigenvalue weighted by Crippen LogP contribution is 2.25. The average molecular weight is 606 g/mol. The smallest absolute Gasteiger partial charge is 0.409 e. The van der Waals surface area contributed by atoms with Gasteiger partial charge in [0.05, 0.1) is 12.1 Å². The number of hydrogen-bond acceptors (Lipinski definition) is 8. The van der Waals surface area contributed by atoms with Crippen LogP contribution in [-0.4, -0.2) is 95.1 Å². The third-order valence-corrected chi connectivity index (χ3v) is 6.97. The van der Waals surface area contributed by atoms with Crippen molar-refractivity contribution in [3.05, 3.63) is 71.9 Å². The fraction of sp³-hybridized carbons (Fsp3) is 0.355. The molecule has 1 aliphatic heterocycles. The van der Waals surface area contributed by atoms with E-state index in [2.05, 4.69) is 15.6 Å². The zero-order valence-electron chi connectivity index (χ0n) is 24.4. The van der Waals surface area contributed by atoms with E-state index in [1.807, 2.05) is 30.3 Å². The van der Waals surface area contributed by atoms with Gasteiger partial charge in [0.1, 0.15) is 17.5 Å². The van der Waals surface area contributed by atoms with Crippen molar-refractivity contribution in [2.45, 2.75) is 32.4 Å². The molecule has 3 N–H and O–H groups in total. The first-order valence-electron chi connectivity index (χ1n) is 14.3. The molecule has 3 aromatic rings. The quantitative estimate of drug-likeness (QED) is 0.280. The predicted molar refractivity (Wildman–Crippen MR) is 159 cm³/mol. The largest absolute Gasteiger partial charge is 0.483 e. The van der Waals surface area contributed by atoms with Crippen molar-refractivity contribution in [1.82, 2.24) is 25.4 Å². The number of carbonyl (C=O) groups excluding carboxylic acids is 4. The fourth-order valence-corrected chi connectivity index (χ4v) is 4.67. The summed E-state index contributed by atoms with van der Waals surface area (Å²) in [7, 11) is 0. The van der Waals surface area contributed by atoms with Crippen molar-refractivity contribution in [2.24, 2.45) is 0 Å². The highest BCUT2D eigenvalue weighted by Gasteiger charge is 2.31. The van der Waals surface area contributed by atoms with Crippen molar-refractivity contribution < 1.29 is 38.6 Å². The first-order chi connectivity index (χ1) is 21.2. The van der Waals surface area contributed by atoms with Crippen LogP contribution >= 0.6 is 0 Å². The second kappa shape index (κ2) is 15.3. The monoisotopic (exact) mass is 605 g/mol. The molecule has 1 aliphatic rings. The normalized spacial score (nSPS) is 13.6. The zero-order chi connectivity index (χ0) is 31.5. The van der Waals surface area contributed by atoms with Gasteiger partial charge in [0.25, 0.3) is 11.8 Å². The van der Waals surface area contributed by atoms with Gasteiger partial charge in [0.2, 0.25) is 5.91 Å². The number of para-hydroxylation sites is 1. The number of ether oxygens (including phenoxy) is 2. The van der Waals surface area contributed by atoms with Gasteiger partial charge < -0.3 is 35.0 Å². The lowest BCUT2D eigenvalue weighted by Crippen LogP contribution is -2.56. The van der Waals surface area contributed by atoms with Gasteiger partial charge in [-0.2, -0.15) is 0 Å². The summed E-state index contributed by atoms with van der Waals surface area (Å²) in [5.74, 6) is -2.39. The Balaban J connectivity index is 1.45. The van der Waals surface area contributed by atoms with E-state index in [0.29, 0.717) is 17.4 Å². The Labute approximate surface area is 254 Å². The molecular weight excluding hydrogens is 570 g/mol. The Morgan fingerprint density at radius 1 is 0.955 bits per heavy atom. The van der Waals surface area contributed by atoms with Crippen molar-refractivity contribution >= 4 is 40.7 Å². The van der Waals surface area contributed by atoms with Gasteiger partial charge in [-0.1, -0.05) is 42.5 Å². The number of piperazine rings is 1. The molecule has 13 nitrogen and oxygen atoms in total.